The maximum atomic E-state index is 13.5. The van der Waals surface area contributed by atoms with Crippen LogP contribution in [-0.2, 0) is 11.3 Å². The van der Waals surface area contributed by atoms with Crippen molar-refractivity contribution in [2.75, 3.05) is 19.0 Å². The summed E-state index contributed by atoms with van der Waals surface area (Å²) >= 11 is 1.30. The number of rotatable bonds is 7. The number of aromatic nitrogens is 1. The maximum Gasteiger partial charge on any atom is 0.358 e. The number of carbonyl (C=O) groups is 1. The molecule has 5 nitrogen and oxygen atoms in total. The lowest BCUT2D eigenvalue weighted by Gasteiger charge is -2.06. The Balaban J connectivity index is 1.93. The average Bonchev–Trinajstić information content (AvgIpc) is 2.99. The van der Waals surface area contributed by atoms with E-state index in [0.717, 1.165) is 0 Å². The first-order chi connectivity index (χ1) is 10.6. The van der Waals surface area contributed by atoms with Crippen molar-refractivity contribution in [1.29, 1.82) is 0 Å². The van der Waals surface area contributed by atoms with E-state index in [1.807, 2.05) is 0 Å². The SMILES string of the molecule is C=CCNc1nc(C(=O)OCc2ccc(OC)c(F)c2)cs1. The Morgan fingerprint density at radius 1 is 1.55 bits per heavy atom. The summed E-state index contributed by atoms with van der Waals surface area (Å²) in [5, 5.41) is 5.19. The fourth-order valence-corrected chi connectivity index (χ4v) is 2.32. The van der Waals surface area contributed by atoms with Crippen molar-refractivity contribution >= 4 is 22.4 Å². The summed E-state index contributed by atoms with van der Waals surface area (Å²) in [6.07, 6.45) is 1.69. The summed E-state index contributed by atoms with van der Waals surface area (Å²) < 4.78 is 23.5. The monoisotopic (exact) mass is 322 g/mol. The first kappa shape index (κ1) is 16.0. The minimum Gasteiger partial charge on any atom is -0.494 e. The molecule has 0 radical (unpaired) electrons. The normalized spacial score (nSPS) is 10.1. The molecule has 22 heavy (non-hydrogen) atoms. The molecule has 0 bridgehead atoms. The van der Waals surface area contributed by atoms with Gasteiger partial charge in [0.15, 0.2) is 22.4 Å². The second-order valence-corrected chi connectivity index (χ2v) is 5.11. The van der Waals surface area contributed by atoms with E-state index in [2.05, 4.69) is 16.9 Å². The highest BCUT2D eigenvalue weighted by atomic mass is 32.1. The molecule has 2 rings (SSSR count). The molecule has 0 saturated heterocycles. The largest absolute Gasteiger partial charge is 0.494 e. The number of esters is 1. The van der Waals surface area contributed by atoms with Gasteiger partial charge in [-0.2, -0.15) is 0 Å². The third-order valence-electron chi connectivity index (χ3n) is 2.70. The van der Waals surface area contributed by atoms with Gasteiger partial charge in [-0.1, -0.05) is 12.1 Å². The highest BCUT2D eigenvalue weighted by Crippen LogP contribution is 2.19. The van der Waals surface area contributed by atoms with Crippen molar-refractivity contribution < 1.29 is 18.7 Å². The van der Waals surface area contributed by atoms with Crippen LogP contribution in [0.2, 0.25) is 0 Å². The number of hydrogen-bond acceptors (Lipinski definition) is 6. The molecule has 1 N–H and O–H groups in total. The lowest BCUT2D eigenvalue weighted by molar-refractivity contribution is 0.0466. The Morgan fingerprint density at radius 2 is 2.36 bits per heavy atom. The van der Waals surface area contributed by atoms with Gasteiger partial charge in [-0.15, -0.1) is 17.9 Å². The third-order valence-corrected chi connectivity index (χ3v) is 3.50. The fourth-order valence-electron chi connectivity index (χ4n) is 1.63. The van der Waals surface area contributed by atoms with Crippen LogP contribution in [0.4, 0.5) is 9.52 Å². The number of hydrogen-bond donors (Lipinski definition) is 1. The van der Waals surface area contributed by atoms with E-state index in [1.165, 1.54) is 30.6 Å². The van der Waals surface area contributed by atoms with Gasteiger partial charge >= 0.3 is 5.97 Å². The summed E-state index contributed by atoms with van der Waals surface area (Å²) in [7, 11) is 1.39. The van der Waals surface area contributed by atoms with Gasteiger partial charge in [0.05, 0.1) is 7.11 Å². The van der Waals surface area contributed by atoms with E-state index >= 15 is 0 Å². The van der Waals surface area contributed by atoms with Crippen LogP contribution in [0.25, 0.3) is 0 Å². The van der Waals surface area contributed by atoms with Crippen molar-refractivity contribution in [3.05, 3.63) is 53.3 Å². The zero-order valence-corrected chi connectivity index (χ0v) is 12.8. The first-order valence-electron chi connectivity index (χ1n) is 6.44. The van der Waals surface area contributed by atoms with Crippen molar-refractivity contribution in [2.24, 2.45) is 0 Å². The van der Waals surface area contributed by atoms with Crippen LogP contribution in [0.3, 0.4) is 0 Å². The van der Waals surface area contributed by atoms with Crippen molar-refractivity contribution in [3.63, 3.8) is 0 Å². The van der Waals surface area contributed by atoms with Gasteiger partial charge in [0.2, 0.25) is 0 Å². The predicted octanol–water partition coefficient (Wildman–Crippen LogP) is 3.25. The van der Waals surface area contributed by atoms with Gasteiger partial charge < -0.3 is 14.8 Å². The molecule has 0 saturated carbocycles. The molecule has 0 aliphatic rings. The van der Waals surface area contributed by atoms with Crippen molar-refractivity contribution in [2.45, 2.75) is 6.61 Å². The topological polar surface area (TPSA) is 60.5 Å². The second kappa shape index (κ2) is 7.56. The number of anilines is 1. The molecule has 0 aliphatic heterocycles. The zero-order valence-electron chi connectivity index (χ0n) is 12.0. The molecular weight excluding hydrogens is 307 g/mol. The van der Waals surface area contributed by atoms with Crippen molar-refractivity contribution in [1.82, 2.24) is 4.98 Å². The fraction of sp³-hybridized carbons (Fsp3) is 0.200. The maximum absolute atomic E-state index is 13.5. The molecular formula is C15H15FN2O3S. The number of thiazole rings is 1. The third kappa shape index (κ3) is 4.05. The number of benzene rings is 1. The Bertz CT molecular complexity index is 673. The molecule has 1 aromatic carbocycles. The van der Waals surface area contributed by atoms with Crippen LogP contribution >= 0.6 is 11.3 Å². The van der Waals surface area contributed by atoms with Crippen LogP contribution in [0.1, 0.15) is 16.1 Å². The molecule has 0 amide bonds. The summed E-state index contributed by atoms with van der Waals surface area (Å²) in [4.78, 5) is 16.0. The van der Waals surface area contributed by atoms with E-state index in [0.29, 0.717) is 17.2 Å². The van der Waals surface area contributed by atoms with Crippen LogP contribution in [-0.4, -0.2) is 24.6 Å². The van der Waals surface area contributed by atoms with Crippen LogP contribution in [0.5, 0.6) is 5.75 Å². The van der Waals surface area contributed by atoms with Gasteiger partial charge in [-0.25, -0.2) is 14.2 Å². The first-order valence-corrected chi connectivity index (χ1v) is 7.32. The minimum absolute atomic E-state index is 0.0350. The molecule has 0 atom stereocenters. The van der Waals surface area contributed by atoms with Gasteiger partial charge in [0.25, 0.3) is 0 Å². The standard InChI is InChI=1S/C15H15FN2O3S/c1-3-6-17-15-18-12(9-22-15)14(19)21-8-10-4-5-13(20-2)11(16)7-10/h3-5,7,9H,1,6,8H2,2H3,(H,17,18). The summed E-state index contributed by atoms with van der Waals surface area (Å²) in [6.45, 7) is 4.11. The highest BCUT2D eigenvalue weighted by Gasteiger charge is 2.13. The molecule has 0 spiro atoms. The van der Waals surface area contributed by atoms with E-state index in [-0.39, 0.29) is 18.1 Å². The van der Waals surface area contributed by atoms with Gasteiger partial charge in [0, 0.05) is 11.9 Å². The van der Waals surface area contributed by atoms with Gasteiger partial charge in [-0.3, -0.25) is 0 Å². The smallest absolute Gasteiger partial charge is 0.358 e. The van der Waals surface area contributed by atoms with E-state index in [9.17, 15) is 9.18 Å². The molecule has 0 aliphatic carbocycles. The number of methoxy groups -OCH3 is 1. The summed E-state index contributed by atoms with van der Waals surface area (Å²) in [5.41, 5.74) is 0.748. The Kier molecular flexibility index (Phi) is 5.48. The van der Waals surface area contributed by atoms with Gasteiger partial charge in [0.1, 0.15) is 6.61 Å². The molecule has 0 unspecified atom stereocenters. The van der Waals surface area contributed by atoms with E-state index < -0.39 is 11.8 Å². The minimum atomic E-state index is -0.556. The molecule has 1 aromatic heterocycles. The molecule has 7 heteroatoms. The van der Waals surface area contributed by atoms with Crippen LogP contribution < -0.4 is 10.1 Å². The Morgan fingerprint density at radius 3 is 3.05 bits per heavy atom. The molecule has 1 heterocycles. The summed E-state index contributed by atoms with van der Waals surface area (Å²) in [5.74, 6) is -0.910. The van der Waals surface area contributed by atoms with Crippen molar-refractivity contribution in [3.8, 4) is 5.75 Å². The average molecular weight is 322 g/mol. The molecule has 2 aromatic rings. The highest BCUT2D eigenvalue weighted by molar-refractivity contribution is 7.13. The Labute approximate surface area is 131 Å². The number of carbonyl (C=O) groups excluding carboxylic acids is 1. The van der Waals surface area contributed by atoms with Gasteiger partial charge in [-0.05, 0) is 17.7 Å². The zero-order chi connectivity index (χ0) is 15.9. The quantitative estimate of drug-likeness (QED) is 0.626. The van der Waals surface area contributed by atoms with Crippen LogP contribution in [0.15, 0.2) is 36.2 Å². The van der Waals surface area contributed by atoms with E-state index in [4.69, 9.17) is 9.47 Å². The predicted molar refractivity (Wildman–Crippen MR) is 82.9 cm³/mol. The molecule has 116 valence electrons. The number of nitrogens with one attached hydrogen (secondary N) is 1. The molecule has 0 fully saturated rings. The van der Waals surface area contributed by atoms with E-state index in [1.54, 1.807) is 17.5 Å². The second-order valence-electron chi connectivity index (χ2n) is 4.25. The Hall–Kier alpha value is -2.41. The summed E-state index contributed by atoms with van der Waals surface area (Å²) in [6, 6.07) is 4.39. The number of ether oxygens (including phenoxy) is 2. The number of halogens is 1. The van der Waals surface area contributed by atoms with Crippen LogP contribution in [0, 0.1) is 5.82 Å². The lowest BCUT2D eigenvalue weighted by atomic mass is 10.2. The lowest BCUT2D eigenvalue weighted by Crippen LogP contribution is -2.06. The number of nitrogens with zero attached hydrogens (tertiary/aromatic N) is 1.